The molecule has 0 radical (unpaired) electrons. The maximum Gasteiger partial charge on any atom is 0.0701 e. The fourth-order valence-corrected chi connectivity index (χ4v) is 1.11. The normalized spacial score (nSPS) is 9.91. The lowest BCUT2D eigenvalue weighted by atomic mass is 10.7. The zero-order valence-electron chi connectivity index (χ0n) is 12.8. The molecule has 10 nitrogen and oxygen atoms in total. The molecule has 22 heavy (non-hydrogen) atoms. The van der Waals surface area contributed by atoms with E-state index in [1.165, 1.54) is 4.91 Å². The Labute approximate surface area is 130 Å². The second kappa shape index (κ2) is 25.0. The molecular weight excluding hydrogens is 298 g/mol. The molecule has 10 heteroatoms. The lowest BCUT2D eigenvalue weighted by Crippen LogP contribution is -2.14. The third kappa shape index (κ3) is 27.4. The first-order chi connectivity index (χ1) is 10.8. The van der Waals surface area contributed by atoms with E-state index in [2.05, 4.69) is 0 Å². The van der Waals surface area contributed by atoms with E-state index in [1.54, 1.807) is 0 Å². The largest absolute Gasteiger partial charge is 0.394 e. The topological polar surface area (TPSA) is 145 Å². The highest BCUT2D eigenvalue weighted by molar-refractivity contribution is 4.36. The number of hydrogen-bond acceptors (Lipinski definition) is 7. The Morgan fingerprint density at radius 3 is 0.864 bits per heavy atom. The van der Waals surface area contributed by atoms with Crippen LogP contribution >= 0.6 is 0 Å². The molecule has 0 atom stereocenters. The Bertz CT molecular complexity index is 213. The zero-order valence-corrected chi connectivity index (χ0v) is 12.8. The minimum absolute atomic E-state index is 0.0359. The van der Waals surface area contributed by atoms with Gasteiger partial charge in [-0.25, -0.2) is 0 Å². The molecule has 0 spiro atoms. The Hall–Kier alpha value is -0.970. The fourth-order valence-electron chi connectivity index (χ4n) is 1.11. The van der Waals surface area contributed by atoms with Crippen LogP contribution in [0.15, 0.2) is 0 Å². The summed E-state index contributed by atoms with van der Waals surface area (Å²) in [5.74, 6) is 0. The van der Waals surface area contributed by atoms with Gasteiger partial charge in [-0.2, -0.15) is 0 Å². The van der Waals surface area contributed by atoms with Crippen LogP contribution in [0.3, 0.4) is 0 Å². The van der Waals surface area contributed by atoms with E-state index in [4.69, 9.17) is 45.0 Å². The van der Waals surface area contributed by atoms with Crippen LogP contribution in [0.2, 0.25) is 0 Å². The molecule has 0 amide bonds. The fraction of sp³-hybridized carbons (Fsp3) is 1.00. The highest BCUT2D eigenvalue weighted by atomic mass is 16.6. The SMILES string of the molecule is OCCOCCOCCOCCOCCOCCO.[N-]=[N+]=[N-]. The Morgan fingerprint density at radius 1 is 0.500 bits per heavy atom. The zero-order chi connectivity index (χ0) is 16.7. The maximum atomic E-state index is 8.45. The minimum atomic E-state index is 0.0359. The van der Waals surface area contributed by atoms with Crippen LogP contribution in [0.4, 0.5) is 0 Å². The molecule has 2 N–H and O–H groups in total. The molecule has 0 aromatic carbocycles. The molecule has 0 aromatic rings. The summed E-state index contributed by atoms with van der Waals surface area (Å²) in [6.45, 7) is 4.80. The van der Waals surface area contributed by atoms with Gasteiger partial charge < -0.3 is 45.0 Å². The minimum Gasteiger partial charge on any atom is -0.394 e. The summed E-state index contributed by atoms with van der Waals surface area (Å²) in [5.41, 5.74) is 13.5. The van der Waals surface area contributed by atoms with Crippen molar-refractivity contribution < 1.29 is 33.9 Å². The van der Waals surface area contributed by atoms with E-state index < -0.39 is 0 Å². The van der Waals surface area contributed by atoms with Crippen LogP contribution in [0, 0.1) is 0 Å². The number of rotatable bonds is 16. The monoisotopic (exact) mass is 324 g/mol. The van der Waals surface area contributed by atoms with Gasteiger partial charge >= 0.3 is 0 Å². The highest BCUT2D eigenvalue weighted by Crippen LogP contribution is 1.83. The van der Waals surface area contributed by atoms with Gasteiger partial charge in [-0.1, -0.05) is 0 Å². The van der Waals surface area contributed by atoms with Gasteiger partial charge in [-0.15, -0.1) is 0 Å². The van der Waals surface area contributed by atoms with Crippen molar-refractivity contribution in [1.82, 2.24) is 0 Å². The summed E-state index contributed by atoms with van der Waals surface area (Å²) < 4.78 is 25.8. The van der Waals surface area contributed by atoms with Crippen molar-refractivity contribution in [3.8, 4) is 0 Å². The maximum absolute atomic E-state index is 8.45. The molecular formula is C12H26N3O7-. The van der Waals surface area contributed by atoms with Gasteiger partial charge in [0.1, 0.15) is 0 Å². The third-order valence-electron chi connectivity index (χ3n) is 1.96. The molecule has 0 rings (SSSR count). The van der Waals surface area contributed by atoms with Crippen LogP contribution in [0.5, 0.6) is 0 Å². The van der Waals surface area contributed by atoms with Crippen molar-refractivity contribution in [2.75, 3.05) is 79.3 Å². The van der Waals surface area contributed by atoms with E-state index in [-0.39, 0.29) is 13.2 Å². The summed E-state index contributed by atoms with van der Waals surface area (Å²) in [6, 6.07) is 0. The summed E-state index contributed by atoms with van der Waals surface area (Å²) in [6.07, 6.45) is 0. The van der Waals surface area contributed by atoms with Crippen molar-refractivity contribution in [3.63, 3.8) is 0 Å². The van der Waals surface area contributed by atoms with Crippen LogP contribution in [0.25, 0.3) is 16.0 Å². The molecule has 0 aliphatic carbocycles. The predicted octanol–water partition coefficient (Wildman–Crippen LogP) is -0.0799. The average molecular weight is 324 g/mol. The molecule has 132 valence electrons. The number of aliphatic hydroxyl groups is 2. The van der Waals surface area contributed by atoms with Gasteiger partial charge in [0.25, 0.3) is 0 Å². The molecule has 0 saturated carbocycles. The molecule has 0 bridgehead atoms. The molecule has 0 aromatic heterocycles. The van der Waals surface area contributed by atoms with Gasteiger partial charge in [0, 0.05) is 0 Å². The molecule has 0 fully saturated rings. The van der Waals surface area contributed by atoms with Gasteiger partial charge in [-0.3, -0.25) is 4.91 Å². The van der Waals surface area contributed by atoms with Crippen LogP contribution in [-0.4, -0.2) is 89.5 Å². The standard InChI is InChI=1S/C12H26O7.N3/c13-1-3-15-5-7-17-9-11-19-12-10-18-8-6-16-4-2-14;1-3-2/h13-14H,1-12H2;/q;-1. The number of nitrogens with zero attached hydrogens (tertiary/aromatic N) is 3. The molecule has 0 aliphatic rings. The van der Waals surface area contributed by atoms with Crippen LogP contribution < -0.4 is 0 Å². The van der Waals surface area contributed by atoms with Crippen molar-refractivity contribution in [2.45, 2.75) is 0 Å². The lowest BCUT2D eigenvalue weighted by molar-refractivity contribution is -0.0151. The number of hydrogen-bond donors (Lipinski definition) is 2. The number of ether oxygens (including phenoxy) is 5. The summed E-state index contributed by atoms with van der Waals surface area (Å²) in [4.78, 5) is 1.50. The number of aliphatic hydroxyl groups excluding tert-OH is 2. The second-order valence-electron chi connectivity index (χ2n) is 3.60. The Morgan fingerprint density at radius 2 is 0.682 bits per heavy atom. The second-order valence-corrected chi connectivity index (χ2v) is 3.60. The van der Waals surface area contributed by atoms with E-state index in [0.717, 1.165) is 0 Å². The van der Waals surface area contributed by atoms with Gasteiger partial charge in [0.15, 0.2) is 0 Å². The highest BCUT2D eigenvalue weighted by Gasteiger charge is 1.92. The van der Waals surface area contributed by atoms with Crippen molar-refractivity contribution in [1.29, 1.82) is 0 Å². The van der Waals surface area contributed by atoms with E-state index in [9.17, 15) is 0 Å². The van der Waals surface area contributed by atoms with Crippen molar-refractivity contribution in [3.05, 3.63) is 16.0 Å². The van der Waals surface area contributed by atoms with E-state index >= 15 is 0 Å². The third-order valence-corrected chi connectivity index (χ3v) is 1.96. The first kappa shape index (κ1) is 23.3. The first-order valence-corrected chi connectivity index (χ1v) is 6.92. The average Bonchev–Trinajstić information content (AvgIpc) is 2.52. The molecule has 0 saturated heterocycles. The first-order valence-electron chi connectivity index (χ1n) is 6.92. The van der Waals surface area contributed by atoms with Crippen molar-refractivity contribution in [2.24, 2.45) is 0 Å². The Kier molecular flexibility index (Phi) is 26.5. The quantitative estimate of drug-likeness (QED) is 0.175. The summed E-state index contributed by atoms with van der Waals surface area (Å²) >= 11 is 0. The van der Waals surface area contributed by atoms with Crippen LogP contribution in [0.1, 0.15) is 0 Å². The predicted molar refractivity (Wildman–Crippen MR) is 78.3 cm³/mol. The van der Waals surface area contributed by atoms with Crippen molar-refractivity contribution >= 4 is 0 Å². The smallest absolute Gasteiger partial charge is 0.0701 e. The van der Waals surface area contributed by atoms with E-state index in [0.29, 0.717) is 66.1 Å². The summed E-state index contributed by atoms with van der Waals surface area (Å²) in [7, 11) is 0. The van der Waals surface area contributed by atoms with E-state index in [1.807, 2.05) is 0 Å². The van der Waals surface area contributed by atoms with Gasteiger partial charge in [0.2, 0.25) is 0 Å². The molecule has 0 heterocycles. The van der Waals surface area contributed by atoms with Gasteiger partial charge in [0.05, 0.1) is 79.3 Å². The van der Waals surface area contributed by atoms with Crippen LogP contribution in [-0.2, 0) is 23.7 Å². The van der Waals surface area contributed by atoms with Gasteiger partial charge in [-0.05, 0) is 0 Å². The molecule has 0 unspecified atom stereocenters. The summed E-state index contributed by atoms with van der Waals surface area (Å²) in [5, 5.41) is 16.9. The molecule has 0 aliphatic heterocycles. The lowest BCUT2D eigenvalue weighted by Gasteiger charge is -2.07. The Balaban J connectivity index is 0.